The molecule has 1 aliphatic rings. The van der Waals surface area contributed by atoms with Gasteiger partial charge in [-0.05, 0) is 61.4 Å². The van der Waals surface area contributed by atoms with E-state index in [2.05, 4.69) is 12.2 Å². The van der Waals surface area contributed by atoms with Gasteiger partial charge in [0.05, 0.1) is 12.6 Å². The van der Waals surface area contributed by atoms with Crippen molar-refractivity contribution in [3.63, 3.8) is 0 Å². The van der Waals surface area contributed by atoms with Gasteiger partial charge in [0.15, 0.2) is 0 Å². The number of ether oxygens (including phenoxy) is 1. The van der Waals surface area contributed by atoms with Gasteiger partial charge < -0.3 is 15.0 Å². The van der Waals surface area contributed by atoms with Crippen molar-refractivity contribution in [1.82, 2.24) is 4.90 Å². The molecule has 1 aliphatic heterocycles. The highest BCUT2D eigenvalue weighted by Crippen LogP contribution is 2.37. The number of halogens is 1. The van der Waals surface area contributed by atoms with E-state index in [1.165, 1.54) is 12.1 Å². The zero-order valence-electron chi connectivity index (χ0n) is 18.8. The lowest BCUT2D eigenvalue weighted by atomic mass is 9.94. The number of carbonyl (C=O) groups excluding carboxylic acids is 2. The van der Waals surface area contributed by atoms with E-state index in [-0.39, 0.29) is 24.2 Å². The standard InChI is InChI=1S/C27H27FN2O3/c1-3-4-15-33-22-12-8-20(9-13-22)27(32)30-17-25(31)29-24-14-5-18(2)16-23(24)26(30)19-6-10-21(28)11-7-19/h5-14,16,26H,3-4,15,17H2,1-2H3,(H,29,31)/t26-/m1/s1. The lowest BCUT2D eigenvalue weighted by Crippen LogP contribution is -2.39. The SMILES string of the molecule is CCCCOc1ccc(C(=O)N2CC(=O)Nc3ccc(C)cc3[C@H]2c2ccc(F)cc2)cc1. The van der Waals surface area contributed by atoms with Gasteiger partial charge in [-0.2, -0.15) is 0 Å². The predicted molar refractivity (Wildman–Crippen MR) is 126 cm³/mol. The molecular weight excluding hydrogens is 419 g/mol. The van der Waals surface area contributed by atoms with Gasteiger partial charge in [0.2, 0.25) is 5.91 Å². The highest BCUT2D eigenvalue weighted by atomic mass is 19.1. The van der Waals surface area contributed by atoms with Crippen molar-refractivity contribution in [3.8, 4) is 5.75 Å². The molecule has 0 saturated heterocycles. The summed E-state index contributed by atoms with van der Waals surface area (Å²) in [5.74, 6) is -0.223. The van der Waals surface area contributed by atoms with E-state index < -0.39 is 6.04 Å². The molecule has 0 fully saturated rings. The number of rotatable bonds is 6. The number of hydrogen-bond acceptors (Lipinski definition) is 3. The molecule has 3 aromatic rings. The molecule has 0 saturated carbocycles. The fourth-order valence-corrected chi connectivity index (χ4v) is 4.01. The maximum atomic E-state index is 13.7. The van der Waals surface area contributed by atoms with Gasteiger partial charge in [-0.1, -0.05) is 43.2 Å². The molecule has 0 radical (unpaired) electrons. The van der Waals surface area contributed by atoms with E-state index in [4.69, 9.17) is 4.74 Å². The molecule has 170 valence electrons. The summed E-state index contributed by atoms with van der Waals surface area (Å²) in [6, 6.07) is 18.2. The monoisotopic (exact) mass is 446 g/mol. The van der Waals surface area contributed by atoms with Crippen molar-refractivity contribution in [2.24, 2.45) is 0 Å². The Morgan fingerprint density at radius 2 is 1.82 bits per heavy atom. The molecule has 0 aliphatic carbocycles. The number of hydrogen-bond donors (Lipinski definition) is 1. The van der Waals surface area contributed by atoms with Crippen LogP contribution < -0.4 is 10.1 Å². The first-order valence-electron chi connectivity index (χ1n) is 11.2. The Morgan fingerprint density at radius 1 is 1.09 bits per heavy atom. The molecule has 3 aromatic carbocycles. The summed E-state index contributed by atoms with van der Waals surface area (Å²) in [6.07, 6.45) is 2.00. The van der Waals surface area contributed by atoms with Crippen molar-refractivity contribution >= 4 is 17.5 Å². The second-order valence-electron chi connectivity index (χ2n) is 8.25. The van der Waals surface area contributed by atoms with Gasteiger partial charge in [-0.3, -0.25) is 9.59 Å². The van der Waals surface area contributed by atoms with Crippen molar-refractivity contribution < 1.29 is 18.7 Å². The Balaban J connectivity index is 1.73. The Hall–Kier alpha value is -3.67. The number of aryl methyl sites for hydroxylation is 1. The number of nitrogens with zero attached hydrogens (tertiary/aromatic N) is 1. The minimum atomic E-state index is -0.549. The Morgan fingerprint density at radius 3 is 2.52 bits per heavy atom. The number of fused-ring (bicyclic) bond motifs is 1. The third-order valence-corrected chi connectivity index (χ3v) is 5.72. The molecule has 1 atom stereocenters. The smallest absolute Gasteiger partial charge is 0.255 e. The maximum absolute atomic E-state index is 13.7. The normalized spacial score (nSPS) is 15.4. The van der Waals surface area contributed by atoms with Crippen LogP contribution in [0.4, 0.5) is 10.1 Å². The van der Waals surface area contributed by atoms with E-state index in [9.17, 15) is 14.0 Å². The largest absolute Gasteiger partial charge is 0.494 e. The van der Waals surface area contributed by atoms with Crippen LogP contribution in [0.5, 0.6) is 5.75 Å². The molecule has 0 aromatic heterocycles. The predicted octanol–water partition coefficient (Wildman–Crippen LogP) is 5.50. The van der Waals surface area contributed by atoms with Crippen LogP contribution >= 0.6 is 0 Å². The summed E-state index contributed by atoms with van der Waals surface area (Å²) in [7, 11) is 0. The van der Waals surface area contributed by atoms with Crippen molar-refractivity contribution in [2.75, 3.05) is 18.5 Å². The van der Waals surface area contributed by atoms with Gasteiger partial charge in [-0.25, -0.2) is 4.39 Å². The van der Waals surface area contributed by atoms with Gasteiger partial charge in [0.1, 0.15) is 18.1 Å². The summed E-state index contributed by atoms with van der Waals surface area (Å²) in [4.78, 5) is 27.9. The van der Waals surface area contributed by atoms with Crippen molar-refractivity contribution in [3.05, 3.63) is 94.8 Å². The van der Waals surface area contributed by atoms with Gasteiger partial charge >= 0.3 is 0 Å². The third-order valence-electron chi connectivity index (χ3n) is 5.72. The van der Waals surface area contributed by atoms with E-state index in [1.807, 2.05) is 25.1 Å². The first kappa shape index (κ1) is 22.5. The van der Waals surface area contributed by atoms with Gasteiger partial charge in [0.25, 0.3) is 5.91 Å². The van der Waals surface area contributed by atoms with Gasteiger partial charge in [-0.15, -0.1) is 0 Å². The van der Waals surface area contributed by atoms with E-state index in [1.54, 1.807) is 41.3 Å². The molecule has 6 heteroatoms. The zero-order valence-corrected chi connectivity index (χ0v) is 18.8. The minimum absolute atomic E-state index is 0.122. The molecule has 0 unspecified atom stereocenters. The van der Waals surface area contributed by atoms with Crippen LogP contribution in [0.1, 0.15) is 52.9 Å². The number of unbranched alkanes of at least 4 members (excludes halogenated alkanes) is 1. The summed E-state index contributed by atoms with van der Waals surface area (Å²) in [6.45, 7) is 4.56. The van der Waals surface area contributed by atoms with Crippen molar-refractivity contribution in [1.29, 1.82) is 0 Å². The number of anilines is 1. The molecule has 4 rings (SSSR count). The molecule has 1 heterocycles. The average Bonchev–Trinajstić information content (AvgIpc) is 2.95. The second-order valence-corrected chi connectivity index (χ2v) is 8.25. The van der Waals surface area contributed by atoms with Crippen LogP contribution in [0.15, 0.2) is 66.7 Å². The molecule has 1 N–H and O–H groups in total. The molecule has 2 amide bonds. The Bertz CT molecular complexity index is 1140. The number of carbonyl (C=O) groups is 2. The maximum Gasteiger partial charge on any atom is 0.255 e. The van der Waals surface area contributed by atoms with E-state index >= 15 is 0 Å². The van der Waals surface area contributed by atoms with Crippen molar-refractivity contribution in [2.45, 2.75) is 32.7 Å². The molecule has 5 nitrogen and oxygen atoms in total. The summed E-state index contributed by atoms with van der Waals surface area (Å²) in [5, 5.41) is 2.91. The van der Waals surface area contributed by atoms with Crippen LogP contribution in [0.25, 0.3) is 0 Å². The van der Waals surface area contributed by atoms with Gasteiger partial charge in [0, 0.05) is 16.8 Å². The molecule has 0 spiro atoms. The van der Waals surface area contributed by atoms with E-state index in [0.29, 0.717) is 23.6 Å². The average molecular weight is 447 g/mol. The quantitative estimate of drug-likeness (QED) is 0.509. The van der Waals surface area contributed by atoms with Crippen LogP contribution in [-0.2, 0) is 4.79 Å². The summed E-state index contributed by atoms with van der Waals surface area (Å²) >= 11 is 0. The fraction of sp³-hybridized carbons (Fsp3) is 0.259. The zero-order chi connectivity index (χ0) is 23.4. The number of nitrogens with one attached hydrogen (secondary N) is 1. The van der Waals surface area contributed by atoms with Crippen LogP contribution in [0.2, 0.25) is 0 Å². The highest BCUT2D eigenvalue weighted by Gasteiger charge is 2.34. The van der Waals surface area contributed by atoms with Crippen LogP contribution in [-0.4, -0.2) is 29.9 Å². The second kappa shape index (κ2) is 9.86. The summed E-state index contributed by atoms with van der Waals surface area (Å²) < 4.78 is 19.4. The first-order chi connectivity index (χ1) is 16.0. The highest BCUT2D eigenvalue weighted by molar-refractivity contribution is 6.01. The topological polar surface area (TPSA) is 58.6 Å². The number of amides is 2. The number of benzene rings is 3. The minimum Gasteiger partial charge on any atom is -0.494 e. The lowest BCUT2D eigenvalue weighted by Gasteiger charge is -2.31. The molecular formula is C27H27FN2O3. The Labute approximate surface area is 193 Å². The Kier molecular flexibility index (Phi) is 6.73. The lowest BCUT2D eigenvalue weighted by molar-refractivity contribution is -0.117. The molecule has 33 heavy (non-hydrogen) atoms. The third kappa shape index (κ3) is 5.06. The van der Waals surface area contributed by atoms with Crippen LogP contribution in [0.3, 0.4) is 0 Å². The summed E-state index contributed by atoms with van der Waals surface area (Å²) in [5.41, 5.74) is 3.62. The fourth-order valence-electron chi connectivity index (χ4n) is 4.01. The van der Waals surface area contributed by atoms with E-state index in [0.717, 1.165) is 29.5 Å². The molecule has 0 bridgehead atoms. The van der Waals surface area contributed by atoms with Crippen LogP contribution in [0, 0.1) is 12.7 Å². The first-order valence-corrected chi connectivity index (χ1v) is 11.2.